The lowest BCUT2D eigenvalue weighted by atomic mass is 10.1. The standard InChI is InChI=1S/C9H14N2O/c1-4-7-9(12)8(6(2)3)11-5-10-7/h5-6,12H,4H2,1-3H3. The Bertz CT molecular complexity index is 271. The SMILES string of the molecule is CCc1ncnc(C(C)C)c1O. The maximum Gasteiger partial charge on any atom is 0.158 e. The Morgan fingerprint density at radius 1 is 1.42 bits per heavy atom. The first-order valence-corrected chi connectivity index (χ1v) is 4.19. The highest BCUT2D eigenvalue weighted by Crippen LogP contribution is 2.24. The summed E-state index contributed by atoms with van der Waals surface area (Å²) in [4.78, 5) is 8.00. The van der Waals surface area contributed by atoms with Crippen molar-refractivity contribution in [3.05, 3.63) is 17.7 Å². The zero-order valence-electron chi connectivity index (χ0n) is 7.70. The van der Waals surface area contributed by atoms with Crippen LogP contribution < -0.4 is 0 Å². The van der Waals surface area contributed by atoms with E-state index in [2.05, 4.69) is 9.97 Å². The molecule has 0 bridgehead atoms. The van der Waals surface area contributed by atoms with E-state index in [4.69, 9.17) is 0 Å². The van der Waals surface area contributed by atoms with Gasteiger partial charge in [0.2, 0.25) is 0 Å². The quantitative estimate of drug-likeness (QED) is 0.729. The van der Waals surface area contributed by atoms with Crippen LogP contribution in [0.3, 0.4) is 0 Å². The summed E-state index contributed by atoms with van der Waals surface area (Å²) in [7, 11) is 0. The molecule has 1 N–H and O–H groups in total. The Labute approximate surface area is 72.5 Å². The lowest BCUT2D eigenvalue weighted by Gasteiger charge is -2.08. The van der Waals surface area contributed by atoms with Gasteiger partial charge in [0, 0.05) is 0 Å². The molecule has 0 aliphatic rings. The van der Waals surface area contributed by atoms with Crippen LogP contribution in [0.25, 0.3) is 0 Å². The summed E-state index contributed by atoms with van der Waals surface area (Å²) in [5, 5.41) is 9.63. The number of hydrogen-bond donors (Lipinski definition) is 1. The lowest BCUT2D eigenvalue weighted by Crippen LogP contribution is -1.98. The number of aromatic hydroxyl groups is 1. The van der Waals surface area contributed by atoms with Crippen molar-refractivity contribution in [1.29, 1.82) is 0 Å². The first kappa shape index (κ1) is 8.97. The van der Waals surface area contributed by atoms with Gasteiger partial charge in [0.25, 0.3) is 0 Å². The van der Waals surface area contributed by atoms with E-state index in [1.54, 1.807) is 0 Å². The summed E-state index contributed by atoms with van der Waals surface area (Å²) in [5.74, 6) is 0.508. The van der Waals surface area contributed by atoms with E-state index in [9.17, 15) is 5.11 Å². The number of rotatable bonds is 2. The molecule has 1 aromatic heterocycles. The average molecular weight is 166 g/mol. The van der Waals surface area contributed by atoms with E-state index in [1.807, 2.05) is 20.8 Å². The molecular formula is C9H14N2O. The van der Waals surface area contributed by atoms with Crippen LogP contribution in [0, 0.1) is 0 Å². The van der Waals surface area contributed by atoms with Gasteiger partial charge in [-0.15, -0.1) is 0 Å². The van der Waals surface area contributed by atoms with E-state index in [1.165, 1.54) is 6.33 Å². The van der Waals surface area contributed by atoms with Crippen LogP contribution >= 0.6 is 0 Å². The number of aromatic nitrogens is 2. The molecule has 0 aliphatic heterocycles. The molecule has 3 heteroatoms. The molecule has 1 rings (SSSR count). The summed E-state index contributed by atoms with van der Waals surface area (Å²) < 4.78 is 0. The molecule has 0 radical (unpaired) electrons. The van der Waals surface area contributed by atoms with E-state index < -0.39 is 0 Å². The molecule has 0 unspecified atom stereocenters. The third kappa shape index (κ3) is 1.55. The van der Waals surface area contributed by atoms with Crippen LogP contribution in [0.15, 0.2) is 6.33 Å². The normalized spacial score (nSPS) is 10.7. The van der Waals surface area contributed by atoms with E-state index in [0.717, 1.165) is 17.8 Å². The predicted molar refractivity (Wildman–Crippen MR) is 47.2 cm³/mol. The Balaban J connectivity index is 3.14. The summed E-state index contributed by atoms with van der Waals surface area (Å²) in [6.07, 6.45) is 2.25. The van der Waals surface area contributed by atoms with Crippen LogP contribution in [-0.4, -0.2) is 15.1 Å². The minimum Gasteiger partial charge on any atom is -0.504 e. The molecule has 0 amide bonds. The van der Waals surface area contributed by atoms with Gasteiger partial charge in [0.1, 0.15) is 6.33 Å². The third-order valence-electron chi connectivity index (χ3n) is 1.81. The van der Waals surface area contributed by atoms with Gasteiger partial charge >= 0.3 is 0 Å². The van der Waals surface area contributed by atoms with Crippen molar-refractivity contribution in [2.24, 2.45) is 0 Å². The minimum atomic E-state index is 0.248. The fraction of sp³-hybridized carbons (Fsp3) is 0.556. The topological polar surface area (TPSA) is 46.0 Å². The average Bonchev–Trinajstić information content (AvgIpc) is 2.04. The van der Waals surface area contributed by atoms with E-state index in [-0.39, 0.29) is 11.7 Å². The molecule has 1 heterocycles. The van der Waals surface area contributed by atoms with Gasteiger partial charge in [-0.25, -0.2) is 9.97 Å². The van der Waals surface area contributed by atoms with Crippen molar-refractivity contribution in [3.63, 3.8) is 0 Å². The molecular weight excluding hydrogens is 152 g/mol. The predicted octanol–water partition coefficient (Wildman–Crippen LogP) is 1.87. The maximum atomic E-state index is 9.63. The molecule has 66 valence electrons. The number of aryl methyl sites for hydroxylation is 1. The van der Waals surface area contributed by atoms with Crippen LogP contribution in [-0.2, 0) is 6.42 Å². The van der Waals surface area contributed by atoms with Gasteiger partial charge in [0.05, 0.1) is 11.4 Å². The van der Waals surface area contributed by atoms with E-state index >= 15 is 0 Å². The second-order valence-electron chi connectivity index (χ2n) is 3.06. The zero-order chi connectivity index (χ0) is 9.14. The fourth-order valence-electron chi connectivity index (χ4n) is 1.11. The van der Waals surface area contributed by atoms with Gasteiger partial charge in [-0.2, -0.15) is 0 Å². The second kappa shape index (κ2) is 3.52. The molecule has 0 aliphatic carbocycles. The Morgan fingerprint density at radius 3 is 2.58 bits per heavy atom. The van der Waals surface area contributed by atoms with Gasteiger partial charge in [-0.1, -0.05) is 20.8 Å². The second-order valence-corrected chi connectivity index (χ2v) is 3.06. The maximum absolute atomic E-state index is 9.63. The van der Waals surface area contributed by atoms with Crippen molar-refractivity contribution in [1.82, 2.24) is 9.97 Å². The molecule has 1 aromatic rings. The Morgan fingerprint density at radius 2 is 2.08 bits per heavy atom. The third-order valence-corrected chi connectivity index (χ3v) is 1.81. The van der Waals surface area contributed by atoms with Gasteiger partial charge in [-0.3, -0.25) is 0 Å². The molecule has 0 spiro atoms. The lowest BCUT2D eigenvalue weighted by molar-refractivity contribution is 0.448. The van der Waals surface area contributed by atoms with Crippen molar-refractivity contribution in [2.45, 2.75) is 33.1 Å². The summed E-state index contributed by atoms with van der Waals surface area (Å²) in [5.41, 5.74) is 1.47. The molecule has 0 aromatic carbocycles. The molecule has 0 atom stereocenters. The van der Waals surface area contributed by atoms with Crippen LogP contribution in [0.1, 0.15) is 38.1 Å². The van der Waals surface area contributed by atoms with Gasteiger partial charge in [0.15, 0.2) is 5.75 Å². The van der Waals surface area contributed by atoms with Crippen LogP contribution in [0.2, 0.25) is 0 Å². The summed E-state index contributed by atoms with van der Waals surface area (Å²) >= 11 is 0. The van der Waals surface area contributed by atoms with Crippen molar-refractivity contribution < 1.29 is 5.11 Å². The molecule has 0 saturated heterocycles. The van der Waals surface area contributed by atoms with Crippen LogP contribution in [0.4, 0.5) is 0 Å². The van der Waals surface area contributed by atoms with Gasteiger partial charge in [-0.05, 0) is 12.3 Å². The van der Waals surface area contributed by atoms with E-state index in [0.29, 0.717) is 0 Å². The summed E-state index contributed by atoms with van der Waals surface area (Å²) in [6, 6.07) is 0. The molecule has 0 fully saturated rings. The van der Waals surface area contributed by atoms with Gasteiger partial charge < -0.3 is 5.11 Å². The minimum absolute atomic E-state index is 0.248. The first-order chi connectivity index (χ1) is 5.66. The molecule has 0 saturated carbocycles. The van der Waals surface area contributed by atoms with Crippen molar-refractivity contribution in [3.8, 4) is 5.75 Å². The number of nitrogens with zero attached hydrogens (tertiary/aromatic N) is 2. The highest BCUT2D eigenvalue weighted by atomic mass is 16.3. The zero-order valence-corrected chi connectivity index (χ0v) is 7.70. The first-order valence-electron chi connectivity index (χ1n) is 4.19. The highest BCUT2D eigenvalue weighted by molar-refractivity contribution is 5.32. The Kier molecular flexibility index (Phi) is 2.63. The monoisotopic (exact) mass is 166 g/mol. The Hall–Kier alpha value is -1.12. The van der Waals surface area contributed by atoms with Crippen LogP contribution in [0.5, 0.6) is 5.75 Å². The largest absolute Gasteiger partial charge is 0.504 e. The molecule has 3 nitrogen and oxygen atoms in total. The molecule has 12 heavy (non-hydrogen) atoms. The van der Waals surface area contributed by atoms with Crippen molar-refractivity contribution in [2.75, 3.05) is 0 Å². The number of hydrogen-bond acceptors (Lipinski definition) is 3. The smallest absolute Gasteiger partial charge is 0.158 e. The highest BCUT2D eigenvalue weighted by Gasteiger charge is 2.10. The fourth-order valence-corrected chi connectivity index (χ4v) is 1.11. The van der Waals surface area contributed by atoms with Crippen molar-refractivity contribution >= 4 is 0 Å². The summed E-state index contributed by atoms with van der Waals surface area (Å²) in [6.45, 7) is 5.97.